The van der Waals surface area contributed by atoms with Crippen LogP contribution in [0, 0.1) is 20.8 Å². The third-order valence-corrected chi connectivity index (χ3v) is 2.74. The summed E-state index contributed by atoms with van der Waals surface area (Å²) in [5.74, 6) is 1.18. The molecular weight excluding hydrogens is 216 g/mol. The fourth-order valence-corrected chi connectivity index (χ4v) is 1.64. The summed E-state index contributed by atoms with van der Waals surface area (Å²) in [4.78, 5) is 0. The van der Waals surface area contributed by atoms with Crippen LogP contribution in [-0.2, 0) is 6.61 Å². The minimum Gasteiger partial charge on any atom is -0.487 e. The number of nitrogens with two attached hydrogens (primary N) is 1. The molecule has 90 valence electrons. The molecule has 0 fully saturated rings. The van der Waals surface area contributed by atoms with E-state index in [4.69, 9.17) is 15.0 Å². The highest BCUT2D eigenvalue weighted by atomic mass is 16.5. The Hall–Kier alpha value is -1.97. The van der Waals surface area contributed by atoms with E-state index in [0.717, 1.165) is 11.3 Å². The summed E-state index contributed by atoms with van der Waals surface area (Å²) in [6.45, 7) is 6.54. The summed E-state index contributed by atoms with van der Waals surface area (Å²) < 4.78 is 10.5. The Balaban J connectivity index is 2.11. The molecule has 0 unspecified atom stereocenters. The van der Waals surface area contributed by atoms with E-state index in [2.05, 4.69) is 25.1 Å². The van der Waals surface area contributed by atoms with Crippen LogP contribution in [-0.4, -0.2) is 5.16 Å². The van der Waals surface area contributed by atoms with Crippen LogP contribution in [0.2, 0.25) is 0 Å². The van der Waals surface area contributed by atoms with E-state index in [9.17, 15) is 0 Å². The van der Waals surface area contributed by atoms with E-state index in [-0.39, 0.29) is 0 Å². The molecule has 0 bridgehead atoms. The van der Waals surface area contributed by atoms with E-state index in [1.165, 1.54) is 11.1 Å². The summed E-state index contributed by atoms with van der Waals surface area (Å²) in [6.07, 6.45) is 0. The average molecular weight is 232 g/mol. The fraction of sp³-hybridized carbons (Fsp3) is 0.308. The second kappa shape index (κ2) is 4.49. The predicted octanol–water partition coefficient (Wildman–Crippen LogP) is 2.76. The van der Waals surface area contributed by atoms with Gasteiger partial charge in [-0.25, -0.2) is 0 Å². The van der Waals surface area contributed by atoms with Gasteiger partial charge < -0.3 is 15.0 Å². The van der Waals surface area contributed by atoms with Crippen molar-refractivity contribution in [3.63, 3.8) is 0 Å². The fourth-order valence-electron chi connectivity index (χ4n) is 1.64. The van der Waals surface area contributed by atoms with Gasteiger partial charge in [-0.05, 0) is 43.5 Å². The van der Waals surface area contributed by atoms with Crippen LogP contribution >= 0.6 is 0 Å². The van der Waals surface area contributed by atoms with Gasteiger partial charge in [0.2, 0.25) is 5.88 Å². The van der Waals surface area contributed by atoms with Gasteiger partial charge in [0.1, 0.15) is 18.1 Å². The molecule has 0 saturated heterocycles. The van der Waals surface area contributed by atoms with Crippen LogP contribution in [0.5, 0.6) is 5.75 Å². The Labute approximate surface area is 100 Å². The largest absolute Gasteiger partial charge is 0.487 e. The van der Waals surface area contributed by atoms with Gasteiger partial charge in [0.05, 0.1) is 0 Å². The highest BCUT2D eigenvalue weighted by Crippen LogP contribution is 2.23. The predicted molar refractivity (Wildman–Crippen MR) is 65.9 cm³/mol. The van der Waals surface area contributed by atoms with Crippen molar-refractivity contribution in [1.29, 1.82) is 0 Å². The van der Waals surface area contributed by atoms with Gasteiger partial charge in [-0.2, -0.15) is 0 Å². The second-order valence-corrected chi connectivity index (χ2v) is 4.21. The lowest BCUT2D eigenvalue weighted by Gasteiger charge is -2.10. The molecular formula is C13H16N2O2. The number of rotatable bonds is 3. The van der Waals surface area contributed by atoms with Crippen LogP contribution in [0.4, 0.5) is 5.88 Å². The number of ether oxygens (including phenoxy) is 1. The molecule has 0 spiro atoms. The maximum Gasteiger partial charge on any atom is 0.222 e. The molecule has 1 aromatic heterocycles. The first-order valence-electron chi connectivity index (χ1n) is 5.48. The van der Waals surface area contributed by atoms with E-state index < -0.39 is 0 Å². The average Bonchev–Trinajstić information content (AvgIpc) is 2.68. The van der Waals surface area contributed by atoms with Crippen molar-refractivity contribution in [3.05, 3.63) is 40.6 Å². The van der Waals surface area contributed by atoms with Gasteiger partial charge in [0.15, 0.2) is 0 Å². The Kier molecular flexibility index (Phi) is 3.04. The van der Waals surface area contributed by atoms with E-state index >= 15 is 0 Å². The lowest BCUT2D eigenvalue weighted by Crippen LogP contribution is -1.98. The Morgan fingerprint density at radius 2 is 1.82 bits per heavy atom. The maximum atomic E-state index is 5.69. The van der Waals surface area contributed by atoms with Gasteiger partial charge in [0.25, 0.3) is 0 Å². The number of anilines is 1. The molecule has 0 aliphatic carbocycles. The summed E-state index contributed by atoms with van der Waals surface area (Å²) >= 11 is 0. The van der Waals surface area contributed by atoms with Crippen molar-refractivity contribution < 1.29 is 9.26 Å². The standard InChI is InChI=1S/C13H16N2O2/c1-8-4-10(3)12(5-9(8)2)16-7-11-6-13(14)17-15-11/h4-6H,7,14H2,1-3H3. The molecule has 2 aromatic rings. The van der Waals surface area contributed by atoms with Gasteiger partial charge in [-0.3, -0.25) is 0 Å². The molecule has 1 heterocycles. The summed E-state index contributed by atoms with van der Waals surface area (Å²) in [5, 5.41) is 3.78. The van der Waals surface area contributed by atoms with Crippen LogP contribution < -0.4 is 10.5 Å². The molecule has 0 aliphatic rings. The van der Waals surface area contributed by atoms with E-state index in [1.54, 1.807) is 6.07 Å². The number of nitrogens with zero attached hydrogens (tertiary/aromatic N) is 1. The highest BCUT2D eigenvalue weighted by Gasteiger charge is 2.05. The van der Waals surface area contributed by atoms with E-state index in [0.29, 0.717) is 18.2 Å². The summed E-state index contributed by atoms with van der Waals surface area (Å²) in [6, 6.07) is 5.81. The molecule has 0 saturated carbocycles. The number of benzene rings is 1. The molecule has 17 heavy (non-hydrogen) atoms. The monoisotopic (exact) mass is 232 g/mol. The summed E-state index contributed by atoms with van der Waals surface area (Å²) in [5.41, 5.74) is 9.72. The zero-order valence-corrected chi connectivity index (χ0v) is 10.3. The molecule has 1 aromatic carbocycles. The van der Waals surface area contributed by atoms with Gasteiger partial charge in [-0.15, -0.1) is 0 Å². The van der Waals surface area contributed by atoms with Gasteiger partial charge in [-0.1, -0.05) is 11.2 Å². The molecule has 0 aliphatic heterocycles. The first-order chi connectivity index (χ1) is 8.06. The third-order valence-electron chi connectivity index (χ3n) is 2.74. The molecule has 4 heteroatoms. The smallest absolute Gasteiger partial charge is 0.222 e. The van der Waals surface area contributed by atoms with Crippen LogP contribution in [0.25, 0.3) is 0 Å². The van der Waals surface area contributed by atoms with Crippen molar-refractivity contribution in [2.24, 2.45) is 0 Å². The Morgan fingerprint density at radius 3 is 2.47 bits per heavy atom. The van der Waals surface area contributed by atoms with Gasteiger partial charge in [0, 0.05) is 6.07 Å². The zero-order chi connectivity index (χ0) is 12.4. The lowest BCUT2D eigenvalue weighted by atomic mass is 10.1. The topological polar surface area (TPSA) is 61.3 Å². The Morgan fingerprint density at radius 1 is 1.12 bits per heavy atom. The van der Waals surface area contributed by atoms with E-state index in [1.807, 2.05) is 13.0 Å². The first-order valence-corrected chi connectivity index (χ1v) is 5.48. The second-order valence-electron chi connectivity index (χ2n) is 4.21. The highest BCUT2D eigenvalue weighted by molar-refractivity contribution is 5.41. The van der Waals surface area contributed by atoms with Crippen molar-refractivity contribution >= 4 is 5.88 Å². The number of nitrogen functional groups attached to an aromatic ring is 1. The molecule has 0 amide bonds. The van der Waals surface area contributed by atoms with Crippen LogP contribution in [0.15, 0.2) is 22.7 Å². The molecule has 0 radical (unpaired) electrons. The zero-order valence-electron chi connectivity index (χ0n) is 10.3. The molecule has 2 rings (SSSR count). The van der Waals surface area contributed by atoms with Crippen molar-refractivity contribution in [1.82, 2.24) is 5.16 Å². The van der Waals surface area contributed by atoms with Crippen LogP contribution in [0.3, 0.4) is 0 Å². The van der Waals surface area contributed by atoms with Crippen molar-refractivity contribution in [2.45, 2.75) is 27.4 Å². The SMILES string of the molecule is Cc1cc(C)c(OCc2cc(N)on2)cc1C. The number of hydrogen-bond acceptors (Lipinski definition) is 4. The molecule has 0 atom stereocenters. The minimum absolute atomic E-state index is 0.306. The quantitative estimate of drug-likeness (QED) is 0.883. The normalized spacial score (nSPS) is 10.5. The minimum atomic E-state index is 0.306. The number of aryl methyl sites for hydroxylation is 3. The summed E-state index contributed by atoms with van der Waals surface area (Å²) in [7, 11) is 0. The van der Waals surface area contributed by atoms with Gasteiger partial charge >= 0.3 is 0 Å². The number of aromatic nitrogens is 1. The molecule has 2 N–H and O–H groups in total. The lowest BCUT2D eigenvalue weighted by molar-refractivity contribution is 0.288. The third kappa shape index (κ3) is 2.58. The number of hydrogen-bond donors (Lipinski definition) is 1. The molecule has 4 nitrogen and oxygen atoms in total. The van der Waals surface area contributed by atoms with Crippen molar-refractivity contribution in [3.8, 4) is 5.75 Å². The van der Waals surface area contributed by atoms with Crippen molar-refractivity contribution in [2.75, 3.05) is 5.73 Å². The Bertz CT molecular complexity index is 532. The van der Waals surface area contributed by atoms with Crippen LogP contribution in [0.1, 0.15) is 22.4 Å². The maximum absolute atomic E-state index is 5.69. The first kappa shape index (κ1) is 11.5.